The number of ether oxygens (including phenoxy) is 2. The molecule has 10 heteroatoms. The number of carbonyl (C=O) groups is 3. The summed E-state index contributed by atoms with van der Waals surface area (Å²) in [5, 5.41) is 15.6. The molecule has 2 amide bonds. The first-order valence-electron chi connectivity index (χ1n) is 12.5. The predicted octanol–water partition coefficient (Wildman–Crippen LogP) is 5.12. The van der Waals surface area contributed by atoms with Crippen LogP contribution in [-0.2, 0) is 9.59 Å². The quantitative estimate of drug-likeness (QED) is 0.230. The van der Waals surface area contributed by atoms with E-state index in [4.69, 9.17) is 9.47 Å². The normalized spacial score (nSPS) is 15.9. The van der Waals surface area contributed by atoms with Crippen LogP contribution in [0.2, 0.25) is 0 Å². The number of hydrogen-bond acceptors (Lipinski definition) is 6. The van der Waals surface area contributed by atoms with E-state index in [1.165, 1.54) is 25.3 Å². The highest BCUT2D eigenvalue weighted by molar-refractivity contribution is 6.13. The van der Waals surface area contributed by atoms with E-state index < -0.39 is 41.3 Å². The average molecular weight is 536 g/mol. The van der Waals surface area contributed by atoms with Crippen molar-refractivity contribution in [1.82, 2.24) is 10.3 Å². The molecule has 2 aromatic carbocycles. The lowest BCUT2D eigenvalue weighted by atomic mass is 9.96. The van der Waals surface area contributed by atoms with Crippen LogP contribution >= 0.6 is 0 Å². The second-order valence-electron chi connectivity index (χ2n) is 9.65. The number of anilines is 1. The number of nitrogens with one attached hydrogen (secondary N) is 2. The zero-order valence-electron chi connectivity index (χ0n) is 21.9. The monoisotopic (exact) mass is 535 g/mol. The minimum Gasteiger partial charge on any atom is -0.496 e. The van der Waals surface area contributed by atoms with Crippen LogP contribution in [-0.4, -0.2) is 47.2 Å². The largest absolute Gasteiger partial charge is 0.496 e. The molecule has 9 nitrogen and oxygen atoms in total. The van der Waals surface area contributed by atoms with E-state index in [-0.39, 0.29) is 11.3 Å². The summed E-state index contributed by atoms with van der Waals surface area (Å²) in [7, 11) is 1.39. The molecule has 204 valence electrons. The van der Waals surface area contributed by atoms with Gasteiger partial charge in [0.1, 0.15) is 34.4 Å². The Hall–Kier alpha value is -4.47. The number of carbonyl (C=O) groups excluding carboxylic acids is 2. The fourth-order valence-corrected chi connectivity index (χ4v) is 4.21. The number of alkyl halides is 1. The molecule has 1 saturated carbocycles. The Bertz CT molecular complexity index is 1420. The van der Waals surface area contributed by atoms with E-state index in [2.05, 4.69) is 22.2 Å². The molecule has 0 radical (unpaired) electrons. The van der Waals surface area contributed by atoms with E-state index in [0.717, 1.165) is 0 Å². The number of halogens is 1. The van der Waals surface area contributed by atoms with Crippen molar-refractivity contribution in [3.8, 4) is 17.2 Å². The van der Waals surface area contributed by atoms with E-state index in [0.29, 0.717) is 40.9 Å². The molecule has 1 aliphatic carbocycles. The van der Waals surface area contributed by atoms with Gasteiger partial charge in [-0.15, -0.1) is 6.58 Å². The Labute approximate surface area is 225 Å². The van der Waals surface area contributed by atoms with E-state index in [9.17, 15) is 23.9 Å². The van der Waals surface area contributed by atoms with Crippen molar-refractivity contribution in [2.24, 2.45) is 11.3 Å². The number of carboxylic acids is 1. The Morgan fingerprint density at radius 3 is 2.38 bits per heavy atom. The minimum atomic E-state index is -1.27. The van der Waals surface area contributed by atoms with E-state index in [1.54, 1.807) is 50.4 Å². The Kier molecular flexibility index (Phi) is 7.85. The molecule has 3 N–H and O–H groups in total. The van der Waals surface area contributed by atoms with Crippen LogP contribution in [0.5, 0.6) is 17.2 Å². The van der Waals surface area contributed by atoms with Gasteiger partial charge in [0.25, 0.3) is 0 Å². The first kappa shape index (κ1) is 27.6. The number of amides is 2. The van der Waals surface area contributed by atoms with Crippen molar-refractivity contribution in [1.29, 1.82) is 0 Å². The zero-order chi connectivity index (χ0) is 28.3. The summed E-state index contributed by atoms with van der Waals surface area (Å²) >= 11 is 0. The number of carboxylic acid groups (broad SMARTS) is 1. The highest BCUT2D eigenvalue weighted by atomic mass is 19.1. The minimum absolute atomic E-state index is 0.0204. The van der Waals surface area contributed by atoms with Gasteiger partial charge in [-0.05, 0) is 56.2 Å². The summed E-state index contributed by atoms with van der Waals surface area (Å²) in [6.45, 7) is 6.83. The highest BCUT2D eigenvalue weighted by Gasteiger charge is 2.56. The van der Waals surface area contributed by atoms with Gasteiger partial charge < -0.3 is 25.2 Å². The van der Waals surface area contributed by atoms with Crippen molar-refractivity contribution in [2.45, 2.75) is 38.9 Å². The molecular formula is C29H30FN3O6. The molecule has 3 atom stereocenters. The molecule has 1 aliphatic rings. The number of methoxy groups -OCH3 is 1. The topological polar surface area (TPSA) is 127 Å². The number of allylic oxidation sites excluding steroid dienone is 1. The lowest BCUT2D eigenvalue weighted by Gasteiger charge is -2.25. The van der Waals surface area contributed by atoms with Gasteiger partial charge in [-0.3, -0.25) is 14.6 Å². The Balaban J connectivity index is 1.44. The maximum atomic E-state index is 13.9. The van der Waals surface area contributed by atoms with Crippen LogP contribution in [0.1, 0.15) is 37.0 Å². The first-order valence-corrected chi connectivity index (χ1v) is 12.5. The van der Waals surface area contributed by atoms with Crippen LogP contribution in [0.15, 0.2) is 61.3 Å². The Morgan fingerprint density at radius 1 is 1.10 bits per heavy atom. The molecule has 1 aromatic heterocycles. The molecule has 1 heterocycles. The zero-order valence-corrected chi connectivity index (χ0v) is 21.9. The summed E-state index contributed by atoms with van der Waals surface area (Å²) < 4.78 is 25.1. The summed E-state index contributed by atoms with van der Waals surface area (Å²) in [5.74, 6) is -1.44. The van der Waals surface area contributed by atoms with Crippen molar-refractivity contribution in [3.63, 3.8) is 0 Å². The number of aromatic nitrogens is 1. The summed E-state index contributed by atoms with van der Waals surface area (Å²) in [6.07, 6.45) is 2.29. The number of pyridine rings is 1. The highest BCUT2D eigenvalue weighted by Crippen LogP contribution is 2.47. The van der Waals surface area contributed by atoms with Crippen LogP contribution in [0.25, 0.3) is 10.9 Å². The van der Waals surface area contributed by atoms with Crippen molar-refractivity contribution < 1.29 is 33.4 Å². The van der Waals surface area contributed by atoms with Crippen LogP contribution in [0.4, 0.5) is 10.1 Å². The summed E-state index contributed by atoms with van der Waals surface area (Å²) in [6, 6.07) is 10.7. The number of hydrogen-bond donors (Lipinski definition) is 3. The van der Waals surface area contributed by atoms with Gasteiger partial charge in [-0.1, -0.05) is 13.0 Å². The van der Waals surface area contributed by atoms with Crippen LogP contribution in [0.3, 0.4) is 0 Å². The molecular weight excluding hydrogens is 505 g/mol. The molecule has 0 bridgehead atoms. The number of benzene rings is 2. The number of nitrogens with zero attached hydrogens (tertiary/aromatic N) is 1. The van der Waals surface area contributed by atoms with E-state index in [1.807, 2.05) is 0 Å². The summed E-state index contributed by atoms with van der Waals surface area (Å²) in [4.78, 5) is 41.8. The Morgan fingerprint density at radius 2 is 1.79 bits per heavy atom. The van der Waals surface area contributed by atoms with Crippen LogP contribution in [0, 0.1) is 11.3 Å². The molecule has 4 rings (SSSR count). The lowest BCUT2D eigenvalue weighted by molar-refractivity contribution is -0.135. The smallest absolute Gasteiger partial charge is 0.339 e. The van der Waals surface area contributed by atoms with Gasteiger partial charge in [0.15, 0.2) is 0 Å². The SMILES string of the molecule is C=CC(F)[C@@H](C)[C@H](C)NC(=O)C1(C(=O)Nc2ccc(Oc3ccnc4cc(OC)c(C(=O)O)cc34)cc2)CC1. The maximum Gasteiger partial charge on any atom is 0.339 e. The van der Waals surface area contributed by atoms with Gasteiger partial charge in [-0.25, -0.2) is 9.18 Å². The van der Waals surface area contributed by atoms with Crippen molar-refractivity contribution >= 4 is 34.4 Å². The van der Waals surface area contributed by atoms with Gasteiger partial charge in [0.2, 0.25) is 11.8 Å². The third-order valence-corrected chi connectivity index (χ3v) is 7.09. The summed E-state index contributed by atoms with van der Waals surface area (Å²) in [5.41, 5.74) is -0.225. The van der Waals surface area contributed by atoms with Gasteiger partial charge >= 0.3 is 5.97 Å². The number of aromatic carboxylic acids is 1. The molecule has 0 saturated heterocycles. The average Bonchev–Trinajstić information content (AvgIpc) is 3.75. The molecule has 3 aromatic rings. The lowest BCUT2D eigenvalue weighted by Crippen LogP contribution is -2.47. The number of rotatable bonds is 11. The van der Waals surface area contributed by atoms with Gasteiger partial charge in [-0.2, -0.15) is 0 Å². The maximum absolute atomic E-state index is 13.9. The fourth-order valence-electron chi connectivity index (χ4n) is 4.21. The van der Waals surface area contributed by atoms with Crippen molar-refractivity contribution in [2.75, 3.05) is 12.4 Å². The second-order valence-corrected chi connectivity index (χ2v) is 9.65. The fraction of sp³-hybridized carbons (Fsp3) is 0.310. The van der Waals surface area contributed by atoms with Gasteiger partial charge in [0, 0.05) is 35.3 Å². The third kappa shape index (κ3) is 5.69. The van der Waals surface area contributed by atoms with Gasteiger partial charge in [0.05, 0.1) is 12.6 Å². The van der Waals surface area contributed by atoms with Crippen molar-refractivity contribution in [3.05, 3.63) is 66.9 Å². The van der Waals surface area contributed by atoms with Crippen LogP contribution < -0.4 is 20.1 Å². The molecule has 1 unspecified atom stereocenters. The molecule has 1 fully saturated rings. The molecule has 0 aliphatic heterocycles. The molecule has 39 heavy (non-hydrogen) atoms. The predicted molar refractivity (Wildman–Crippen MR) is 144 cm³/mol. The standard InChI is InChI=1S/C29H30FN3O6/c1-5-22(30)16(2)17(3)32-27(36)29(11-12-29)28(37)33-18-6-8-19(9-7-18)39-24-10-13-31-23-15-25(38-4)21(26(34)35)14-20(23)24/h5-10,13-17,22H,1,11-12H2,2-4H3,(H,32,36)(H,33,37)(H,34,35)/t16-,17-,22?/m0/s1. The number of fused-ring (bicyclic) bond motifs is 1. The van der Waals surface area contributed by atoms with E-state index >= 15 is 0 Å². The second kappa shape index (κ2) is 11.1. The molecule has 0 spiro atoms. The third-order valence-electron chi connectivity index (χ3n) is 7.09. The first-order chi connectivity index (χ1) is 18.6.